The van der Waals surface area contributed by atoms with Gasteiger partial charge in [-0.15, -0.1) is 0 Å². The first-order valence-corrected chi connectivity index (χ1v) is 8.61. The van der Waals surface area contributed by atoms with Crippen LogP contribution in [0.1, 0.15) is 32.1 Å². The molecular formula is C14H19NO4S. The van der Waals surface area contributed by atoms with Crippen LogP contribution >= 0.6 is 0 Å². The summed E-state index contributed by atoms with van der Waals surface area (Å²) in [5.41, 5.74) is 0.542. The van der Waals surface area contributed by atoms with Crippen molar-refractivity contribution >= 4 is 15.7 Å². The number of hydrogen-bond donors (Lipinski definition) is 1. The van der Waals surface area contributed by atoms with Gasteiger partial charge >= 0.3 is 0 Å². The standard InChI is InChI=1S/C14H19NO4S/c16-20(17,12-4-2-1-3-5-12)15-11-6-7-13-14(10-11)19-9-8-18-13/h6-7,10,12,15H,1-5,8-9H2. The number of benzene rings is 1. The van der Waals surface area contributed by atoms with E-state index in [1.54, 1.807) is 18.2 Å². The molecule has 1 aliphatic heterocycles. The molecular weight excluding hydrogens is 278 g/mol. The summed E-state index contributed by atoms with van der Waals surface area (Å²) in [7, 11) is -3.31. The maximum atomic E-state index is 12.3. The largest absolute Gasteiger partial charge is 0.486 e. The first-order valence-electron chi connectivity index (χ1n) is 7.06. The molecule has 0 amide bonds. The van der Waals surface area contributed by atoms with E-state index in [0.717, 1.165) is 32.1 Å². The third-order valence-electron chi connectivity index (χ3n) is 3.79. The molecule has 20 heavy (non-hydrogen) atoms. The smallest absolute Gasteiger partial charge is 0.235 e. The summed E-state index contributed by atoms with van der Waals surface area (Å²) in [6.45, 7) is 1.02. The fourth-order valence-electron chi connectivity index (χ4n) is 2.73. The van der Waals surface area contributed by atoms with Gasteiger partial charge in [0.1, 0.15) is 13.2 Å². The van der Waals surface area contributed by atoms with Crippen molar-refractivity contribution in [3.05, 3.63) is 18.2 Å². The van der Waals surface area contributed by atoms with Crippen molar-refractivity contribution in [1.29, 1.82) is 0 Å². The minimum absolute atomic E-state index is 0.274. The Balaban J connectivity index is 1.76. The molecule has 1 heterocycles. The molecule has 0 saturated heterocycles. The average Bonchev–Trinajstić information content (AvgIpc) is 2.48. The van der Waals surface area contributed by atoms with E-state index >= 15 is 0 Å². The maximum Gasteiger partial charge on any atom is 0.235 e. The minimum atomic E-state index is -3.31. The lowest BCUT2D eigenvalue weighted by Crippen LogP contribution is -2.29. The number of sulfonamides is 1. The van der Waals surface area contributed by atoms with Gasteiger partial charge in [-0.25, -0.2) is 8.42 Å². The molecule has 5 nitrogen and oxygen atoms in total. The van der Waals surface area contributed by atoms with Crippen molar-refractivity contribution in [1.82, 2.24) is 0 Å². The van der Waals surface area contributed by atoms with Gasteiger partial charge < -0.3 is 9.47 Å². The fourth-order valence-corrected chi connectivity index (χ4v) is 4.31. The fraction of sp³-hybridized carbons (Fsp3) is 0.571. The van der Waals surface area contributed by atoms with Crippen LogP contribution in [0.2, 0.25) is 0 Å². The zero-order valence-electron chi connectivity index (χ0n) is 11.3. The summed E-state index contributed by atoms with van der Waals surface area (Å²) in [6.07, 6.45) is 4.62. The summed E-state index contributed by atoms with van der Waals surface area (Å²) in [5.74, 6) is 1.26. The topological polar surface area (TPSA) is 64.6 Å². The van der Waals surface area contributed by atoms with Gasteiger partial charge in [0.05, 0.1) is 10.9 Å². The van der Waals surface area contributed by atoms with Gasteiger partial charge in [0.15, 0.2) is 11.5 Å². The highest BCUT2D eigenvalue weighted by atomic mass is 32.2. The summed E-state index contributed by atoms with van der Waals surface area (Å²) >= 11 is 0. The average molecular weight is 297 g/mol. The quantitative estimate of drug-likeness (QED) is 0.931. The van der Waals surface area contributed by atoms with E-state index in [2.05, 4.69) is 4.72 Å². The highest BCUT2D eigenvalue weighted by molar-refractivity contribution is 7.93. The number of hydrogen-bond acceptors (Lipinski definition) is 4. The summed E-state index contributed by atoms with van der Waals surface area (Å²) in [5, 5.41) is -0.274. The van der Waals surface area contributed by atoms with Crippen molar-refractivity contribution in [2.45, 2.75) is 37.4 Å². The second-order valence-corrected chi connectivity index (χ2v) is 7.23. The van der Waals surface area contributed by atoms with Crippen LogP contribution < -0.4 is 14.2 Å². The van der Waals surface area contributed by atoms with Crippen LogP contribution in [0.3, 0.4) is 0 Å². The van der Waals surface area contributed by atoms with Crippen molar-refractivity contribution in [3.63, 3.8) is 0 Å². The molecule has 1 N–H and O–H groups in total. The van der Waals surface area contributed by atoms with Crippen molar-refractivity contribution < 1.29 is 17.9 Å². The zero-order valence-corrected chi connectivity index (χ0v) is 12.1. The molecule has 3 rings (SSSR count). The molecule has 1 fully saturated rings. The van der Waals surface area contributed by atoms with Gasteiger partial charge in [0, 0.05) is 6.07 Å². The lowest BCUT2D eigenvalue weighted by Gasteiger charge is -2.23. The summed E-state index contributed by atoms with van der Waals surface area (Å²) in [6, 6.07) is 5.15. The van der Waals surface area contributed by atoms with E-state index in [4.69, 9.17) is 9.47 Å². The molecule has 1 saturated carbocycles. The second-order valence-electron chi connectivity index (χ2n) is 5.27. The van der Waals surface area contributed by atoms with Crippen molar-refractivity contribution in [2.24, 2.45) is 0 Å². The Hall–Kier alpha value is -1.43. The molecule has 0 bridgehead atoms. The third-order valence-corrected chi connectivity index (χ3v) is 5.66. The number of fused-ring (bicyclic) bond motifs is 1. The van der Waals surface area contributed by atoms with Crippen LogP contribution in [0.15, 0.2) is 18.2 Å². The van der Waals surface area contributed by atoms with Gasteiger partial charge in [-0.05, 0) is 25.0 Å². The summed E-state index contributed by atoms with van der Waals surface area (Å²) < 4.78 is 38.2. The highest BCUT2D eigenvalue weighted by Crippen LogP contribution is 2.33. The van der Waals surface area contributed by atoms with Gasteiger partial charge in [0.2, 0.25) is 10.0 Å². The van der Waals surface area contributed by atoms with E-state index < -0.39 is 10.0 Å². The van der Waals surface area contributed by atoms with E-state index in [9.17, 15) is 8.42 Å². The van der Waals surface area contributed by atoms with Gasteiger partial charge in [-0.3, -0.25) is 4.72 Å². The predicted molar refractivity (Wildman–Crippen MR) is 76.8 cm³/mol. The molecule has 1 aromatic carbocycles. The van der Waals surface area contributed by atoms with Gasteiger partial charge in [-0.1, -0.05) is 19.3 Å². The number of rotatable bonds is 3. The molecule has 1 aromatic rings. The Morgan fingerprint density at radius 1 is 1.00 bits per heavy atom. The first kappa shape index (κ1) is 13.5. The lowest BCUT2D eigenvalue weighted by molar-refractivity contribution is 0.171. The molecule has 0 radical (unpaired) electrons. The van der Waals surface area contributed by atoms with E-state index in [1.807, 2.05) is 0 Å². The Morgan fingerprint density at radius 2 is 1.70 bits per heavy atom. The Bertz CT molecular complexity index is 579. The SMILES string of the molecule is O=S(=O)(Nc1ccc2c(c1)OCCO2)C1CCCCC1. The Morgan fingerprint density at radius 3 is 2.45 bits per heavy atom. The molecule has 6 heteroatoms. The predicted octanol–water partition coefficient (Wildman–Crippen LogP) is 2.53. The van der Waals surface area contributed by atoms with Crippen LogP contribution in [0, 0.1) is 0 Å². The van der Waals surface area contributed by atoms with Gasteiger partial charge in [-0.2, -0.15) is 0 Å². The second kappa shape index (κ2) is 5.52. The van der Waals surface area contributed by atoms with Crippen molar-refractivity contribution in [3.8, 4) is 11.5 Å². The highest BCUT2D eigenvalue weighted by Gasteiger charge is 2.27. The van der Waals surface area contributed by atoms with Crippen LogP contribution in [-0.4, -0.2) is 26.9 Å². The number of ether oxygens (including phenoxy) is 2. The van der Waals surface area contributed by atoms with Crippen molar-refractivity contribution in [2.75, 3.05) is 17.9 Å². The normalized spacial score (nSPS) is 19.6. The zero-order chi connectivity index (χ0) is 14.0. The Labute approximate surface area is 119 Å². The molecule has 0 spiro atoms. The van der Waals surface area contributed by atoms with E-state index in [-0.39, 0.29) is 5.25 Å². The summed E-state index contributed by atoms with van der Waals surface area (Å²) in [4.78, 5) is 0. The Kier molecular flexibility index (Phi) is 3.74. The molecule has 2 aliphatic rings. The monoisotopic (exact) mass is 297 g/mol. The molecule has 0 atom stereocenters. The van der Waals surface area contributed by atoms with E-state index in [1.165, 1.54) is 0 Å². The van der Waals surface area contributed by atoms with E-state index in [0.29, 0.717) is 30.4 Å². The van der Waals surface area contributed by atoms with Crippen LogP contribution in [-0.2, 0) is 10.0 Å². The number of nitrogens with one attached hydrogen (secondary N) is 1. The third kappa shape index (κ3) is 2.85. The molecule has 110 valence electrons. The number of anilines is 1. The van der Waals surface area contributed by atoms with Crippen LogP contribution in [0.5, 0.6) is 11.5 Å². The molecule has 0 unspecified atom stereocenters. The minimum Gasteiger partial charge on any atom is -0.486 e. The molecule has 0 aromatic heterocycles. The first-order chi connectivity index (χ1) is 9.65. The van der Waals surface area contributed by atoms with Gasteiger partial charge in [0.25, 0.3) is 0 Å². The molecule has 1 aliphatic carbocycles. The lowest BCUT2D eigenvalue weighted by atomic mass is 10.0. The van der Waals surface area contributed by atoms with Crippen LogP contribution in [0.4, 0.5) is 5.69 Å². The van der Waals surface area contributed by atoms with Crippen LogP contribution in [0.25, 0.3) is 0 Å². The maximum absolute atomic E-state index is 12.3.